The Hall–Kier alpha value is -2.40. The smallest absolute Gasteiger partial charge is 0.337 e. The maximum absolute atomic E-state index is 12.1. The van der Waals surface area contributed by atoms with Gasteiger partial charge in [-0.15, -0.1) is 0 Å². The van der Waals surface area contributed by atoms with Crippen LogP contribution >= 0.6 is 11.6 Å². The third-order valence-corrected chi connectivity index (χ3v) is 3.13. The van der Waals surface area contributed by atoms with E-state index < -0.39 is 11.9 Å². The Morgan fingerprint density at radius 2 is 1.95 bits per heavy atom. The largest absolute Gasteiger partial charge is 0.478 e. The molecule has 1 amide bonds. The Morgan fingerprint density at radius 1 is 1.24 bits per heavy atom. The quantitative estimate of drug-likeness (QED) is 0.912. The van der Waals surface area contributed by atoms with Gasteiger partial charge in [0, 0.05) is 6.20 Å². The topological polar surface area (TPSA) is 79.3 Å². The lowest BCUT2D eigenvalue weighted by Gasteiger charge is -2.12. The van der Waals surface area contributed by atoms with E-state index in [0.717, 1.165) is 5.56 Å². The molecule has 21 heavy (non-hydrogen) atoms. The molecule has 2 N–H and O–H groups in total. The van der Waals surface area contributed by atoms with Crippen molar-refractivity contribution in [1.82, 2.24) is 4.98 Å². The van der Waals surface area contributed by atoms with Gasteiger partial charge in [0.1, 0.15) is 5.69 Å². The van der Waals surface area contributed by atoms with E-state index in [1.807, 2.05) is 0 Å². The molecule has 0 aliphatic carbocycles. The number of rotatable bonds is 3. The van der Waals surface area contributed by atoms with Gasteiger partial charge in [-0.3, -0.25) is 4.79 Å². The summed E-state index contributed by atoms with van der Waals surface area (Å²) >= 11 is 5.71. The van der Waals surface area contributed by atoms with Gasteiger partial charge in [0.25, 0.3) is 5.91 Å². The van der Waals surface area contributed by atoms with Gasteiger partial charge < -0.3 is 10.4 Å². The summed E-state index contributed by atoms with van der Waals surface area (Å²) in [4.78, 5) is 27.3. The number of anilines is 1. The number of hydrogen-bond donors (Lipinski definition) is 2. The lowest BCUT2D eigenvalue weighted by Crippen LogP contribution is -2.17. The molecule has 0 saturated carbocycles. The number of benzene rings is 1. The first kappa shape index (κ1) is 15.0. The number of aryl methyl sites for hydroxylation is 2. The van der Waals surface area contributed by atoms with E-state index in [4.69, 9.17) is 11.6 Å². The van der Waals surface area contributed by atoms with Crippen LogP contribution in [0.1, 0.15) is 32.0 Å². The van der Waals surface area contributed by atoms with Crippen LogP contribution in [0.5, 0.6) is 0 Å². The zero-order valence-electron chi connectivity index (χ0n) is 11.5. The second-order valence-electron chi connectivity index (χ2n) is 4.63. The van der Waals surface area contributed by atoms with Crippen molar-refractivity contribution in [1.29, 1.82) is 0 Å². The van der Waals surface area contributed by atoms with Crippen LogP contribution < -0.4 is 5.32 Å². The van der Waals surface area contributed by atoms with Gasteiger partial charge >= 0.3 is 5.97 Å². The Morgan fingerprint density at radius 3 is 2.52 bits per heavy atom. The number of nitrogens with one attached hydrogen (secondary N) is 1. The Balaban J connectivity index is 2.37. The highest BCUT2D eigenvalue weighted by Crippen LogP contribution is 2.23. The van der Waals surface area contributed by atoms with Crippen LogP contribution in [-0.4, -0.2) is 22.0 Å². The molecular formula is C15H13ClN2O3. The van der Waals surface area contributed by atoms with Gasteiger partial charge in [-0.25, -0.2) is 9.78 Å². The highest BCUT2D eigenvalue weighted by atomic mass is 35.5. The molecule has 0 saturated heterocycles. The number of nitrogens with zero attached hydrogens (tertiary/aromatic N) is 1. The van der Waals surface area contributed by atoms with Crippen LogP contribution in [0.15, 0.2) is 30.5 Å². The highest BCUT2D eigenvalue weighted by Gasteiger charge is 2.17. The fourth-order valence-corrected chi connectivity index (χ4v) is 2.10. The predicted molar refractivity (Wildman–Crippen MR) is 80.1 cm³/mol. The van der Waals surface area contributed by atoms with Crippen molar-refractivity contribution < 1.29 is 14.7 Å². The Kier molecular flexibility index (Phi) is 4.23. The summed E-state index contributed by atoms with van der Waals surface area (Å²) in [5.41, 5.74) is 1.97. The molecule has 1 aromatic carbocycles. The van der Waals surface area contributed by atoms with Crippen molar-refractivity contribution in [2.75, 3.05) is 5.32 Å². The van der Waals surface area contributed by atoms with Gasteiger partial charge in [-0.1, -0.05) is 17.7 Å². The zero-order chi connectivity index (χ0) is 15.6. The lowest BCUT2D eigenvalue weighted by atomic mass is 10.0. The number of carbonyl (C=O) groups is 2. The molecule has 2 aromatic rings. The third kappa shape index (κ3) is 3.38. The second-order valence-corrected chi connectivity index (χ2v) is 5.06. The first-order chi connectivity index (χ1) is 9.88. The Labute approximate surface area is 126 Å². The summed E-state index contributed by atoms with van der Waals surface area (Å²) in [7, 11) is 0. The van der Waals surface area contributed by atoms with Crippen molar-refractivity contribution in [3.05, 3.63) is 57.9 Å². The number of hydrogen-bond acceptors (Lipinski definition) is 3. The number of carbonyl (C=O) groups excluding carboxylic acids is 1. The highest BCUT2D eigenvalue weighted by molar-refractivity contribution is 6.30. The molecule has 0 atom stereocenters. The van der Waals surface area contributed by atoms with Gasteiger partial charge in [0.15, 0.2) is 0 Å². The van der Waals surface area contributed by atoms with E-state index in [9.17, 15) is 14.7 Å². The van der Waals surface area contributed by atoms with Crippen LogP contribution in [-0.2, 0) is 0 Å². The second kappa shape index (κ2) is 5.93. The van der Waals surface area contributed by atoms with E-state index in [0.29, 0.717) is 10.6 Å². The van der Waals surface area contributed by atoms with Crippen LogP contribution in [0.2, 0.25) is 5.02 Å². The minimum atomic E-state index is -1.10. The van der Waals surface area contributed by atoms with Crippen molar-refractivity contribution in [2.45, 2.75) is 13.8 Å². The number of aromatic nitrogens is 1. The molecule has 0 spiro atoms. The van der Waals surface area contributed by atoms with Gasteiger partial charge in [-0.05, 0) is 43.2 Å². The van der Waals surface area contributed by atoms with Crippen LogP contribution in [0.25, 0.3) is 0 Å². The summed E-state index contributed by atoms with van der Waals surface area (Å²) < 4.78 is 0. The number of aromatic carboxylic acids is 1. The van der Waals surface area contributed by atoms with Crippen LogP contribution in [0.4, 0.5) is 5.69 Å². The maximum Gasteiger partial charge on any atom is 0.337 e. The van der Waals surface area contributed by atoms with Gasteiger partial charge in [0.05, 0.1) is 16.3 Å². The molecule has 0 unspecified atom stereocenters. The SMILES string of the molecule is Cc1cc(C)c(NC(=O)c2ccc(Cl)cn2)c(C(=O)O)c1. The van der Waals surface area contributed by atoms with Gasteiger partial charge in [0.2, 0.25) is 0 Å². The molecule has 5 nitrogen and oxygen atoms in total. The van der Waals surface area contributed by atoms with E-state index in [1.54, 1.807) is 26.0 Å². The van der Waals surface area contributed by atoms with E-state index in [1.165, 1.54) is 18.3 Å². The van der Waals surface area contributed by atoms with E-state index in [-0.39, 0.29) is 16.9 Å². The Bertz CT molecular complexity index is 712. The molecular weight excluding hydrogens is 292 g/mol. The van der Waals surface area contributed by atoms with E-state index in [2.05, 4.69) is 10.3 Å². The minimum Gasteiger partial charge on any atom is -0.478 e. The number of amides is 1. The molecule has 0 radical (unpaired) electrons. The first-order valence-electron chi connectivity index (χ1n) is 6.16. The maximum atomic E-state index is 12.1. The summed E-state index contributed by atoms with van der Waals surface area (Å²) in [5.74, 6) is -1.58. The summed E-state index contributed by atoms with van der Waals surface area (Å²) in [5, 5.41) is 12.3. The normalized spacial score (nSPS) is 10.2. The monoisotopic (exact) mass is 304 g/mol. The first-order valence-corrected chi connectivity index (χ1v) is 6.53. The fraction of sp³-hybridized carbons (Fsp3) is 0.133. The zero-order valence-corrected chi connectivity index (χ0v) is 12.2. The average Bonchev–Trinajstić information content (AvgIpc) is 2.41. The standard InChI is InChI=1S/C15H13ClN2O3/c1-8-5-9(2)13(11(6-8)15(20)21)18-14(19)12-4-3-10(16)7-17-12/h3-7H,1-2H3,(H,18,19)(H,20,21). The molecule has 1 aromatic heterocycles. The fourth-order valence-electron chi connectivity index (χ4n) is 1.99. The minimum absolute atomic E-state index is 0.0508. The molecule has 0 aliphatic heterocycles. The van der Waals surface area contributed by atoms with Crippen LogP contribution in [0.3, 0.4) is 0 Å². The molecule has 0 aliphatic rings. The van der Waals surface area contributed by atoms with E-state index >= 15 is 0 Å². The molecule has 108 valence electrons. The predicted octanol–water partition coefficient (Wildman–Crippen LogP) is 3.30. The molecule has 6 heteroatoms. The summed E-state index contributed by atoms with van der Waals surface area (Å²) in [6, 6.07) is 6.34. The lowest BCUT2D eigenvalue weighted by molar-refractivity contribution is 0.0698. The van der Waals surface area contributed by atoms with Crippen molar-refractivity contribution >= 4 is 29.2 Å². The number of carboxylic acids is 1. The molecule has 0 fully saturated rings. The van der Waals surface area contributed by atoms with Crippen LogP contribution in [0, 0.1) is 13.8 Å². The number of pyridine rings is 1. The van der Waals surface area contributed by atoms with Crippen molar-refractivity contribution in [3.63, 3.8) is 0 Å². The van der Waals surface area contributed by atoms with Gasteiger partial charge in [-0.2, -0.15) is 0 Å². The molecule has 0 bridgehead atoms. The van der Waals surface area contributed by atoms with Crippen molar-refractivity contribution in [3.8, 4) is 0 Å². The number of carboxylic acid groups (broad SMARTS) is 1. The van der Waals surface area contributed by atoms with Crippen molar-refractivity contribution in [2.24, 2.45) is 0 Å². The molecule has 1 heterocycles. The summed E-state index contributed by atoms with van der Waals surface area (Å²) in [6.45, 7) is 3.54. The summed E-state index contributed by atoms with van der Waals surface area (Å²) in [6.07, 6.45) is 1.36. The molecule has 2 rings (SSSR count). The third-order valence-electron chi connectivity index (χ3n) is 2.91. The number of halogens is 1. The average molecular weight is 305 g/mol.